The van der Waals surface area contributed by atoms with Gasteiger partial charge in [-0.05, 0) is 37.6 Å². The van der Waals surface area contributed by atoms with E-state index in [1.165, 1.54) is 24.3 Å². The number of carbonyl (C=O) groups is 6. The number of Topliss-reactive ketones (excluding diaryl/α,β-unsaturated/α-hetero) is 4. The number of hydrogen-bond acceptors (Lipinski definition) is 9. The summed E-state index contributed by atoms with van der Waals surface area (Å²) in [6.07, 6.45) is -1.21. The first-order valence-corrected chi connectivity index (χ1v) is 10.5. The monoisotopic (exact) mass is 468 g/mol. The van der Waals surface area contributed by atoms with Crippen LogP contribution in [0.25, 0.3) is 0 Å². The van der Waals surface area contributed by atoms with Crippen LogP contribution in [0, 0.1) is 0 Å². The van der Waals surface area contributed by atoms with Crippen LogP contribution in [-0.2, 0) is 35.3 Å². The van der Waals surface area contributed by atoms with Gasteiger partial charge in [0.05, 0.1) is 26.1 Å². The summed E-state index contributed by atoms with van der Waals surface area (Å²) in [5, 5.41) is 0. The van der Waals surface area contributed by atoms with Crippen LogP contribution in [0.5, 0.6) is 5.75 Å². The van der Waals surface area contributed by atoms with E-state index >= 15 is 0 Å². The second-order valence-corrected chi connectivity index (χ2v) is 7.00. The molecule has 0 aliphatic heterocycles. The number of ether oxygens (including phenoxy) is 3. The van der Waals surface area contributed by atoms with Crippen LogP contribution in [-0.4, -0.2) is 48.3 Å². The highest BCUT2D eigenvalue weighted by Gasteiger charge is 2.21. The van der Waals surface area contributed by atoms with E-state index in [1.807, 2.05) is 0 Å². The average molecular weight is 468 g/mol. The summed E-state index contributed by atoms with van der Waals surface area (Å²) in [5.74, 6) is -4.70. The molecular weight excluding hydrogens is 444 g/mol. The maximum Gasteiger partial charge on any atom is 0.375 e. The fourth-order valence-corrected chi connectivity index (χ4v) is 2.82. The topological polar surface area (TPSA) is 130 Å². The molecule has 2 aromatic rings. The molecule has 0 aliphatic carbocycles. The van der Waals surface area contributed by atoms with Gasteiger partial charge in [0, 0.05) is 11.1 Å². The molecule has 0 bridgehead atoms. The molecule has 0 unspecified atom stereocenters. The zero-order valence-electron chi connectivity index (χ0n) is 18.8. The van der Waals surface area contributed by atoms with Crippen molar-refractivity contribution in [1.29, 1.82) is 0 Å². The molecule has 0 fully saturated rings. The molecule has 2 rings (SSSR count). The van der Waals surface area contributed by atoms with Gasteiger partial charge in [0.15, 0.2) is 11.6 Å². The van der Waals surface area contributed by atoms with Gasteiger partial charge in [0.2, 0.25) is 11.6 Å². The molecule has 34 heavy (non-hydrogen) atoms. The minimum Gasteiger partial charge on any atom is -0.489 e. The summed E-state index contributed by atoms with van der Waals surface area (Å²) in [5.41, 5.74) is 1.04. The molecule has 0 radical (unpaired) electrons. The zero-order valence-corrected chi connectivity index (χ0v) is 18.8. The Labute approximate surface area is 196 Å². The second kappa shape index (κ2) is 12.8. The van der Waals surface area contributed by atoms with Crippen LogP contribution < -0.4 is 4.74 Å². The third-order valence-corrected chi connectivity index (χ3v) is 4.46. The number of ketones is 4. The van der Waals surface area contributed by atoms with Crippen molar-refractivity contribution in [1.82, 2.24) is 0 Å². The summed E-state index contributed by atoms with van der Waals surface area (Å²) in [7, 11) is 0. The summed E-state index contributed by atoms with van der Waals surface area (Å²) >= 11 is 0. The summed E-state index contributed by atoms with van der Waals surface area (Å²) in [6.45, 7) is 3.25. The number of carbonyl (C=O) groups excluding carboxylic acids is 6. The summed E-state index contributed by atoms with van der Waals surface area (Å²) in [6, 6.07) is 12.5. The highest BCUT2D eigenvalue weighted by atomic mass is 16.5. The van der Waals surface area contributed by atoms with Crippen LogP contribution in [0.15, 0.2) is 48.5 Å². The largest absolute Gasteiger partial charge is 0.489 e. The maximum absolute atomic E-state index is 12.3. The third kappa shape index (κ3) is 7.77. The first kappa shape index (κ1) is 26.1. The van der Waals surface area contributed by atoms with E-state index in [-0.39, 0.29) is 30.9 Å². The van der Waals surface area contributed by atoms with Gasteiger partial charge in [0.1, 0.15) is 12.4 Å². The van der Waals surface area contributed by atoms with Gasteiger partial charge in [-0.15, -0.1) is 0 Å². The van der Waals surface area contributed by atoms with E-state index in [0.717, 1.165) is 0 Å². The van der Waals surface area contributed by atoms with Gasteiger partial charge in [-0.25, -0.2) is 9.59 Å². The Morgan fingerprint density at radius 3 is 1.71 bits per heavy atom. The van der Waals surface area contributed by atoms with Gasteiger partial charge >= 0.3 is 11.9 Å². The number of rotatable bonds is 13. The Kier molecular flexibility index (Phi) is 9.82. The van der Waals surface area contributed by atoms with Crippen molar-refractivity contribution in [3.05, 3.63) is 65.2 Å². The zero-order chi connectivity index (χ0) is 25.1. The molecule has 0 aromatic heterocycles. The molecule has 0 N–H and O–H groups in total. The molecule has 0 aliphatic rings. The smallest absolute Gasteiger partial charge is 0.375 e. The lowest BCUT2D eigenvalue weighted by atomic mass is 10.0. The molecule has 0 amide bonds. The molecule has 9 nitrogen and oxygen atoms in total. The molecule has 0 saturated heterocycles. The fraction of sp³-hybridized carbons (Fsp3) is 0.280. The Morgan fingerprint density at radius 2 is 1.18 bits per heavy atom. The summed E-state index contributed by atoms with van der Waals surface area (Å²) < 4.78 is 14.9. The van der Waals surface area contributed by atoms with Crippen molar-refractivity contribution >= 4 is 35.1 Å². The molecule has 9 heteroatoms. The first-order valence-electron chi connectivity index (χ1n) is 10.5. The van der Waals surface area contributed by atoms with Crippen molar-refractivity contribution in [3.8, 4) is 5.75 Å². The lowest BCUT2D eigenvalue weighted by Gasteiger charge is -2.09. The maximum atomic E-state index is 12.3. The predicted molar refractivity (Wildman–Crippen MR) is 118 cm³/mol. The normalized spacial score (nSPS) is 10.2. The van der Waals surface area contributed by atoms with Crippen molar-refractivity contribution < 1.29 is 43.0 Å². The molecule has 178 valence electrons. The molecule has 2 aromatic carbocycles. The minimum absolute atomic E-state index is 0.0383. The quantitative estimate of drug-likeness (QED) is 0.188. The predicted octanol–water partition coefficient (Wildman–Crippen LogP) is 2.68. The Morgan fingerprint density at radius 1 is 0.676 bits per heavy atom. The standard InChI is InChI=1S/C25H24O9/c1-3-32-24(30)22(28)13-20(26)17-8-5-7-16(11-17)15-34-19-10-6-9-18(12-19)21(27)14-23(29)25(31)33-4-2/h5-12H,3-4,13-15H2,1-2H3. The fourth-order valence-electron chi connectivity index (χ4n) is 2.82. The number of benzene rings is 2. The first-order chi connectivity index (χ1) is 16.2. The van der Waals surface area contributed by atoms with E-state index in [4.69, 9.17) is 4.74 Å². The highest BCUT2D eigenvalue weighted by Crippen LogP contribution is 2.18. The SMILES string of the molecule is CCOC(=O)C(=O)CC(=O)c1cccc(COc2cccc(C(=O)CC(=O)C(=O)OCC)c2)c1. The van der Waals surface area contributed by atoms with Crippen LogP contribution in [0.3, 0.4) is 0 Å². The lowest BCUT2D eigenvalue weighted by molar-refractivity contribution is -0.153. The van der Waals surface area contributed by atoms with E-state index in [2.05, 4.69) is 9.47 Å². The Bertz CT molecular complexity index is 1010. The number of esters is 2. The lowest BCUT2D eigenvalue weighted by Crippen LogP contribution is -2.20. The molecule has 0 saturated carbocycles. The molecular formula is C25H24O9. The van der Waals surface area contributed by atoms with Crippen LogP contribution in [0.1, 0.15) is 53.0 Å². The van der Waals surface area contributed by atoms with E-state index in [1.54, 1.807) is 38.1 Å². The van der Waals surface area contributed by atoms with Gasteiger partial charge in [-0.3, -0.25) is 19.2 Å². The van der Waals surface area contributed by atoms with E-state index in [9.17, 15) is 28.8 Å². The highest BCUT2D eigenvalue weighted by molar-refractivity contribution is 6.38. The van der Waals surface area contributed by atoms with Crippen LogP contribution in [0.2, 0.25) is 0 Å². The van der Waals surface area contributed by atoms with Gasteiger partial charge < -0.3 is 14.2 Å². The second-order valence-electron chi connectivity index (χ2n) is 7.00. The average Bonchev–Trinajstić information content (AvgIpc) is 2.83. The van der Waals surface area contributed by atoms with E-state index < -0.39 is 47.9 Å². The summed E-state index contributed by atoms with van der Waals surface area (Å²) in [4.78, 5) is 70.9. The van der Waals surface area contributed by atoms with Crippen molar-refractivity contribution in [3.63, 3.8) is 0 Å². The Balaban J connectivity index is 1.99. The minimum atomic E-state index is -1.05. The third-order valence-electron chi connectivity index (χ3n) is 4.46. The van der Waals surface area contributed by atoms with Crippen LogP contribution >= 0.6 is 0 Å². The van der Waals surface area contributed by atoms with E-state index in [0.29, 0.717) is 11.3 Å². The van der Waals surface area contributed by atoms with Crippen molar-refractivity contribution in [2.45, 2.75) is 33.3 Å². The van der Waals surface area contributed by atoms with Gasteiger partial charge in [-0.1, -0.05) is 30.3 Å². The molecule has 0 spiro atoms. The molecule has 0 atom stereocenters. The molecule has 0 heterocycles. The van der Waals surface area contributed by atoms with Crippen molar-refractivity contribution in [2.24, 2.45) is 0 Å². The number of hydrogen-bond donors (Lipinski definition) is 0. The Hall–Kier alpha value is -4.14. The van der Waals surface area contributed by atoms with Crippen molar-refractivity contribution in [2.75, 3.05) is 13.2 Å². The van der Waals surface area contributed by atoms with Crippen LogP contribution in [0.4, 0.5) is 0 Å². The van der Waals surface area contributed by atoms with Gasteiger partial charge in [-0.2, -0.15) is 0 Å². The van der Waals surface area contributed by atoms with Gasteiger partial charge in [0.25, 0.3) is 0 Å².